The Labute approximate surface area is 254 Å². The van der Waals surface area contributed by atoms with E-state index < -0.39 is 0 Å². The maximum Gasteiger partial charge on any atom is 0.258 e. The second-order valence-corrected chi connectivity index (χ2v) is 11.2. The number of carbonyl (C=O) groups is 2. The lowest BCUT2D eigenvalue weighted by Gasteiger charge is -2.29. The summed E-state index contributed by atoms with van der Waals surface area (Å²) in [6.07, 6.45) is 3.43. The molecule has 0 fully saturated rings. The molecule has 218 valence electrons. The normalized spacial score (nSPS) is 12.9. The van der Waals surface area contributed by atoms with Gasteiger partial charge in [-0.15, -0.1) is 11.3 Å². The molecule has 1 aliphatic rings. The van der Waals surface area contributed by atoms with E-state index in [2.05, 4.69) is 32.7 Å². The van der Waals surface area contributed by atoms with Crippen LogP contribution in [0.4, 0.5) is 11.4 Å². The van der Waals surface area contributed by atoms with Gasteiger partial charge in [0.25, 0.3) is 11.8 Å². The van der Waals surface area contributed by atoms with Gasteiger partial charge >= 0.3 is 0 Å². The molecular weight excluding hydrogens is 560 g/mol. The minimum absolute atomic E-state index is 0.278. The summed E-state index contributed by atoms with van der Waals surface area (Å²) in [5, 5.41) is 10.2. The molecule has 3 heterocycles. The fraction of sp³-hybridized carbons (Fsp3) is 0.206. The summed E-state index contributed by atoms with van der Waals surface area (Å²) in [5.74, 6) is 0.950. The number of hydrogen-bond donors (Lipinski definition) is 2. The van der Waals surface area contributed by atoms with Crippen LogP contribution in [0.15, 0.2) is 83.7 Å². The van der Waals surface area contributed by atoms with Gasteiger partial charge in [-0.25, -0.2) is 0 Å². The number of nitrogens with zero attached hydrogens (tertiary/aromatic N) is 2. The second kappa shape index (κ2) is 12.6. The number of hydrogen-bond acceptors (Lipinski definition) is 7. The number of fused-ring (bicyclic) bond motifs is 2. The minimum atomic E-state index is -0.314. The first-order valence-corrected chi connectivity index (χ1v) is 15.0. The Morgan fingerprint density at radius 2 is 1.67 bits per heavy atom. The summed E-state index contributed by atoms with van der Waals surface area (Å²) in [7, 11) is 3.33. The molecule has 3 aromatic carbocycles. The van der Waals surface area contributed by atoms with Crippen molar-refractivity contribution in [1.82, 2.24) is 9.88 Å². The van der Waals surface area contributed by atoms with Crippen molar-refractivity contribution in [1.29, 1.82) is 0 Å². The molecule has 2 N–H and O–H groups in total. The van der Waals surface area contributed by atoms with Crippen LogP contribution in [-0.4, -0.2) is 49.0 Å². The second-order valence-electron chi connectivity index (χ2n) is 10.5. The van der Waals surface area contributed by atoms with E-state index >= 15 is 0 Å². The first kappa shape index (κ1) is 28.4. The van der Waals surface area contributed by atoms with Crippen LogP contribution >= 0.6 is 11.3 Å². The third-order valence-corrected chi connectivity index (χ3v) is 8.48. The average molecular weight is 593 g/mol. The van der Waals surface area contributed by atoms with Gasteiger partial charge in [0, 0.05) is 47.7 Å². The van der Waals surface area contributed by atoms with Crippen molar-refractivity contribution in [2.75, 3.05) is 37.9 Å². The monoisotopic (exact) mass is 592 g/mol. The molecule has 0 radical (unpaired) electrons. The molecule has 0 aliphatic carbocycles. The van der Waals surface area contributed by atoms with Crippen LogP contribution in [0, 0.1) is 0 Å². The quantitative estimate of drug-likeness (QED) is 0.205. The molecule has 5 aromatic rings. The molecule has 0 unspecified atom stereocenters. The highest BCUT2D eigenvalue weighted by atomic mass is 32.1. The Morgan fingerprint density at radius 1 is 0.907 bits per heavy atom. The van der Waals surface area contributed by atoms with E-state index in [1.807, 2.05) is 48.5 Å². The molecule has 2 amide bonds. The van der Waals surface area contributed by atoms with E-state index in [4.69, 9.17) is 9.47 Å². The number of rotatable bonds is 9. The highest BCUT2D eigenvalue weighted by Crippen LogP contribution is 2.33. The Balaban J connectivity index is 1.04. The average Bonchev–Trinajstić information content (AvgIpc) is 3.51. The molecule has 0 saturated heterocycles. The lowest BCUT2D eigenvalue weighted by Crippen LogP contribution is -2.32. The molecular formula is C34H32N4O4S. The van der Waals surface area contributed by atoms with Gasteiger partial charge in [0.2, 0.25) is 0 Å². The first-order valence-electron chi connectivity index (χ1n) is 14.1. The first-order chi connectivity index (χ1) is 21.0. The zero-order valence-corrected chi connectivity index (χ0v) is 24.9. The van der Waals surface area contributed by atoms with Crippen molar-refractivity contribution in [3.63, 3.8) is 0 Å². The summed E-state index contributed by atoms with van der Waals surface area (Å²) in [5.41, 5.74) is 6.62. The Morgan fingerprint density at radius 3 is 2.47 bits per heavy atom. The Kier molecular flexibility index (Phi) is 8.35. The van der Waals surface area contributed by atoms with E-state index in [9.17, 15) is 9.59 Å². The molecule has 0 saturated carbocycles. The smallest absolute Gasteiger partial charge is 0.258 e. The van der Waals surface area contributed by atoms with Crippen molar-refractivity contribution >= 4 is 45.4 Å². The van der Waals surface area contributed by atoms with Gasteiger partial charge in [0.1, 0.15) is 0 Å². The van der Waals surface area contributed by atoms with Gasteiger partial charge in [0.05, 0.1) is 36.6 Å². The summed E-state index contributed by atoms with van der Waals surface area (Å²) >= 11 is 1.36. The number of nitrogens with one attached hydrogen (secondary N) is 2. The van der Waals surface area contributed by atoms with Crippen LogP contribution in [0.1, 0.15) is 37.4 Å². The maximum absolute atomic E-state index is 13.1. The summed E-state index contributed by atoms with van der Waals surface area (Å²) in [4.78, 5) is 32.8. The number of para-hydroxylation sites is 1. The molecule has 6 rings (SSSR count). The zero-order valence-electron chi connectivity index (χ0n) is 24.1. The van der Waals surface area contributed by atoms with Crippen LogP contribution in [0.3, 0.4) is 0 Å². The highest BCUT2D eigenvalue weighted by Gasteiger charge is 2.20. The summed E-state index contributed by atoms with van der Waals surface area (Å²) in [6.45, 7) is 2.80. The van der Waals surface area contributed by atoms with Crippen LogP contribution in [0.5, 0.6) is 11.5 Å². The molecule has 8 nitrogen and oxygen atoms in total. The fourth-order valence-electron chi connectivity index (χ4n) is 5.33. The molecule has 1 aliphatic heterocycles. The number of pyridine rings is 1. The van der Waals surface area contributed by atoms with Crippen molar-refractivity contribution in [3.05, 3.63) is 112 Å². The number of benzene rings is 3. The number of aromatic nitrogens is 1. The van der Waals surface area contributed by atoms with E-state index in [0.717, 1.165) is 54.9 Å². The minimum Gasteiger partial charge on any atom is -0.493 e. The molecule has 43 heavy (non-hydrogen) atoms. The number of thiophene rings is 1. The van der Waals surface area contributed by atoms with Crippen molar-refractivity contribution < 1.29 is 19.1 Å². The topological polar surface area (TPSA) is 92.8 Å². The standard InChI is InChI=1S/C34H32N4O4S/c1-41-31-16-23-12-14-38(19-26(23)17-32(31)42-2)13-11-22-7-9-27(10-8-22)36-34(40)28-20-43-21-30(28)37-33(39)25-15-24-5-3-4-6-29(24)35-18-25/h3-10,15-18,20-21H,11-14,19H2,1-2H3,(H,36,40)(H,37,39). The zero-order chi connectivity index (χ0) is 29.8. The van der Waals surface area contributed by atoms with Crippen LogP contribution in [0.25, 0.3) is 10.9 Å². The number of methoxy groups -OCH3 is 2. The lowest BCUT2D eigenvalue weighted by atomic mass is 9.98. The molecule has 9 heteroatoms. The van der Waals surface area contributed by atoms with Crippen molar-refractivity contribution in [3.8, 4) is 11.5 Å². The van der Waals surface area contributed by atoms with Crippen LogP contribution in [0.2, 0.25) is 0 Å². The van der Waals surface area contributed by atoms with Crippen molar-refractivity contribution in [2.24, 2.45) is 0 Å². The summed E-state index contributed by atoms with van der Waals surface area (Å²) in [6, 6.07) is 21.5. The van der Waals surface area contributed by atoms with Gasteiger partial charge in [0.15, 0.2) is 11.5 Å². The van der Waals surface area contributed by atoms with Gasteiger partial charge < -0.3 is 20.1 Å². The van der Waals surface area contributed by atoms with Gasteiger partial charge in [-0.3, -0.25) is 19.5 Å². The van der Waals surface area contributed by atoms with Crippen molar-refractivity contribution in [2.45, 2.75) is 19.4 Å². The van der Waals surface area contributed by atoms with E-state index in [1.54, 1.807) is 37.2 Å². The SMILES string of the molecule is COc1cc2c(cc1OC)CN(CCc1ccc(NC(=O)c3cscc3NC(=O)c3cnc4ccccc4c3)cc1)CC2. The molecule has 0 spiro atoms. The van der Waals surface area contributed by atoms with E-state index in [0.29, 0.717) is 22.5 Å². The largest absolute Gasteiger partial charge is 0.493 e. The highest BCUT2D eigenvalue weighted by molar-refractivity contribution is 7.08. The molecule has 2 aromatic heterocycles. The predicted molar refractivity (Wildman–Crippen MR) is 171 cm³/mol. The number of amides is 2. The summed E-state index contributed by atoms with van der Waals surface area (Å²) < 4.78 is 10.9. The van der Waals surface area contributed by atoms with E-state index in [-0.39, 0.29) is 11.8 Å². The van der Waals surface area contributed by atoms with Gasteiger partial charge in [-0.2, -0.15) is 0 Å². The lowest BCUT2D eigenvalue weighted by molar-refractivity contribution is 0.102. The predicted octanol–water partition coefficient (Wildman–Crippen LogP) is 6.42. The van der Waals surface area contributed by atoms with Crippen LogP contribution < -0.4 is 20.1 Å². The number of ether oxygens (including phenoxy) is 2. The molecule has 0 bridgehead atoms. The maximum atomic E-state index is 13.1. The Bertz CT molecular complexity index is 1780. The van der Waals surface area contributed by atoms with Gasteiger partial charge in [-0.1, -0.05) is 30.3 Å². The third-order valence-electron chi connectivity index (χ3n) is 7.73. The third kappa shape index (κ3) is 6.38. The van der Waals surface area contributed by atoms with Gasteiger partial charge in [-0.05, 0) is 65.9 Å². The number of anilines is 2. The van der Waals surface area contributed by atoms with Crippen LogP contribution in [-0.2, 0) is 19.4 Å². The fourth-order valence-corrected chi connectivity index (χ4v) is 6.09. The number of carbonyl (C=O) groups excluding carboxylic acids is 2. The van der Waals surface area contributed by atoms with E-state index in [1.165, 1.54) is 28.0 Å². The Hall–Kier alpha value is -4.73. The molecule has 0 atom stereocenters.